The molecule has 0 amide bonds. The Morgan fingerprint density at radius 1 is 1.33 bits per heavy atom. The number of furan rings is 1. The van der Waals surface area contributed by atoms with E-state index in [0.29, 0.717) is 12.1 Å². The van der Waals surface area contributed by atoms with Gasteiger partial charge in [0.25, 0.3) is 0 Å². The summed E-state index contributed by atoms with van der Waals surface area (Å²) in [6.07, 6.45) is 4.52. The smallest absolute Gasteiger partial charge is 0.103 e. The number of rotatable bonds is 7. The van der Waals surface area contributed by atoms with Crippen LogP contribution >= 0.6 is 0 Å². The zero-order chi connectivity index (χ0) is 13.6. The molecule has 0 aliphatic carbocycles. The third kappa shape index (κ3) is 5.23. The van der Waals surface area contributed by atoms with Crippen molar-refractivity contribution in [2.75, 3.05) is 6.61 Å². The van der Waals surface area contributed by atoms with Crippen molar-refractivity contribution >= 4 is 0 Å². The normalized spacial score (nSPS) is 15.6. The van der Waals surface area contributed by atoms with Gasteiger partial charge in [-0.05, 0) is 37.3 Å². The summed E-state index contributed by atoms with van der Waals surface area (Å²) >= 11 is 0. The van der Waals surface area contributed by atoms with Crippen LogP contribution in [0.15, 0.2) is 22.8 Å². The number of aryl methyl sites for hydroxylation is 1. The molecule has 2 N–H and O–H groups in total. The van der Waals surface area contributed by atoms with Crippen LogP contribution in [0, 0.1) is 5.41 Å². The molecule has 0 saturated carbocycles. The minimum atomic E-state index is 0.168. The summed E-state index contributed by atoms with van der Waals surface area (Å²) in [5, 5.41) is 12.8. The molecule has 0 aromatic carbocycles. The highest BCUT2D eigenvalue weighted by Gasteiger charge is 2.25. The van der Waals surface area contributed by atoms with Crippen molar-refractivity contribution in [3.8, 4) is 0 Å². The van der Waals surface area contributed by atoms with Gasteiger partial charge in [-0.3, -0.25) is 0 Å². The Hall–Kier alpha value is -0.800. The van der Waals surface area contributed by atoms with Crippen LogP contribution < -0.4 is 5.32 Å². The molecular formula is C15H27NO2. The summed E-state index contributed by atoms with van der Waals surface area (Å²) < 4.78 is 5.34. The van der Waals surface area contributed by atoms with Gasteiger partial charge >= 0.3 is 0 Å². The molecule has 0 radical (unpaired) electrons. The van der Waals surface area contributed by atoms with Gasteiger partial charge in [-0.2, -0.15) is 0 Å². The van der Waals surface area contributed by atoms with Crippen molar-refractivity contribution in [1.82, 2.24) is 5.32 Å². The largest absolute Gasteiger partial charge is 0.469 e. The molecule has 1 aromatic rings. The second kappa shape index (κ2) is 6.95. The monoisotopic (exact) mass is 253 g/mol. The van der Waals surface area contributed by atoms with E-state index in [-0.39, 0.29) is 12.0 Å². The molecule has 1 rings (SSSR count). The topological polar surface area (TPSA) is 45.4 Å². The van der Waals surface area contributed by atoms with Crippen LogP contribution in [0.5, 0.6) is 0 Å². The standard InChI is InChI=1S/C15H27NO2/c1-12(7-8-13-6-5-11-18-13)16-14(9-10-17)15(2,3)4/h5-6,11-12,14,16-17H,7-10H2,1-4H3. The van der Waals surface area contributed by atoms with E-state index < -0.39 is 0 Å². The SMILES string of the molecule is CC(CCc1ccco1)NC(CCO)C(C)(C)C. The lowest BCUT2D eigenvalue weighted by molar-refractivity contribution is 0.185. The van der Waals surface area contributed by atoms with Crippen LogP contribution in [0.25, 0.3) is 0 Å². The fraction of sp³-hybridized carbons (Fsp3) is 0.733. The van der Waals surface area contributed by atoms with Crippen molar-refractivity contribution in [2.24, 2.45) is 5.41 Å². The Balaban J connectivity index is 2.38. The van der Waals surface area contributed by atoms with Gasteiger partial charge in [-0.15, -0.1) is 0 Å². The first-order valence-corrected chi connectivity index (χ1v) is 6.82. The molecule has 0 bridgehead atoms. The van der Waals surface area contributed by atoms with Gasteiger partial charge in [0.2, 0.25) is 0 Å². The first-order valence-electron chi connectivity index (χ1n) is 6.82. The van der Waals surface area contributed by atoms with Crippen molar-refractivity contribution < 1.29 is 9.52 Å². The second-order valence-electron chi connectivity index (χ2n) is 6.12. The molecule has 2 atom stereocenters. The zero-order valence-electron chi connectivity index (χ0n) is 12.1. The molecule has 18 heavy (non-hydrogen) atoms. The van der Waals surface area contributed by atoms with Crippen LogP contribution in [-0.2, 0) is 6.42 Å². The summed E-state index contributed by atoms with van der Waals surface area (Å²) in [6, 6.07) is 4.71. The third-order valence-electron chi connectivity index (χ3n) is 3.35. The molecule has 3 nitrogen and oxygen atoms in total. The molecule has 0 aliphatic heterocycles. The van der Waals surface area contributed by atoms with E-state index in [1.54, 1.807) is 6.26 Å². The lowest BCUT2D eigenvalue weighted by Gasteiger charge is -2.33. The highest BCUT2D eigenvalue weighted by Crippen LogP contribution is 2.22. The first kappa shape index (κ1) is 15.3. The predicted octanol–water partition coefficient (Wildman–Crippen LogP) is 2.99. The minimum absolute atomic E-state index is 0.168. The number of hydrogen-bond donors (Lipinski definition) is 2. The molecule has 2 unspecified atom stereocenters. The number of aliphatic hydroxyl groups excluding tert-OH is 1. The van der Waals surface area contributed by atoms with Crippen LogP contribution in [0.4, 0.5) is 0 Å². The first-order chi connectivity index (χ1) is 8.43. The van der Waals surface area contributed by atoms with Gasteiger partial charge in [-0.25, -0.2) is 0 Å². The Bertz CT molecular complexity index is 314. The highest BCUT2D eigenvalue weighted by atomic mass is 16.3. The van der Waals surface area contributed by atoms with Gasteiger partial charge in [0, 0.05) is 25.1 Å². The zero-order valence-corrected chi connectivity index (χ0v) is 12.1. The number of hydrogen-bond acceptors (Lipinski definition) is 3. The number of aliphatic hydroxyl groups is 1. The minimum Gasteiger partial charge on any atom is -0.469 e. The number of nitrogens with one attached hydrogen (secondary N) is 1. The van der Waals surface area contributed by atoms with E-state index in [1.807, 2.05) is 12.1 Å². The van der Waals surface area contributed by atoms with Crippen LogP contribution in [-0.4, -0.2) is 23.8 Å². The molecule has 0 saturated heterocycles. The highest BCUT2D eigenvalue weighted by molar-refractivity contribution is 4.98. The quantitative estimate of drug-likeness (QED) is 0.785. The molecule has 0 spiro atoms. The lowest BCUT2D eigenvalue weighted by atomic mass is 9.84. The summed E-state index contributed by atoms with van der Waals surface area (Å²) in [5.41, 5.74) is 0.168. The van der Waals surface area contributed by atoms with Crippen LogP contribution in [0.1, 0.15) is 46.3 Å². The van der Waals surface area contributed by atoms with E-state index in [2.05, 4.69) is 33.0 Å². The molecule has 1 heterocycles. The van der Waals surface area contributed by atoms with E-state index in [0.717, 1.165) is 25.0 Å². The summed E-state index contributed by atoms with van der Waals surface area (Å²) in [4.78, 5) is 0. The van der Waals surface area contributed by atoms with Gasteiger partial charge in [0.1, 0.15) is 5.76 Å². The molecule has 1 aromatic heterocycles. The van der Waals surface area contributed by atoms with Gasteiger partial charge in [-0.1, -0.05) is 20.8 Å². The average Bonchev–Trinajstić information content (AvgIpc) is 2.77. The van der Waals surface area contributed by atoms with Gasteiger partial charge in [0.05, 0.1) is 6.26 Å². The van der Waals surface area contributed by atoms with Crippen LogP contribution in [0.3, 0.4) is 0 Å². The van der Waals surface area contributed by atoms with E-state index >= 15 is 0 Å². The fourth-order valence-electron chi connectivity index (χ4n) is 2.14. The van der Waals surface area contributed by atoms with E-state index in [4.69, 9.17) is 9.52 Å². The second-order valence-corrected chi connectivity index (χ2v) is 6.12. The van der Waals surface area contributed by atoms with Crippen molar-refractivity contribution in [1.29, 1.82) is 0 Å². The molecule has 0 aliphatic rings. The maximum absolute atomic E-state index is 9.14. The molecule has 104 valence electrons. The summed E-state index contributed by atoms with van der Waals surface area (Å²) in [7, 11) is 0. The molecule has 3 heteroatoms. The van der Waals surface area contributed by atoms with Crippen molar-refractivity contribution in [3.05, 3.63) is 24.2 Å². The average molecular weight is 253 g/mol. The Morgan fingerprint density at radius 2 is 2.06 bits per heavy atom. The Labute approximate surface area is 111 Å². The summed E-state index contributed by atoms with van der Waals surface area (Å²) in [5.74, 6) is 1.04. The van der Waals surface area contributed by atoms with Crippen molar-refractivity contribution in [2.45, 2.75) is 59.0 Å². The van der Waals surface area contributed by atoms with E-state index in [1.165, 1.54) is 0 Å². The van der Waals surface area contributed by atoms with Crippen LogP contribution in [0.2, 0.25) is 0 Å². The predicted molar refractivity (Wildman–Crippen MR) is 74.6 cm³/mol. The third-order valence-corrected chi connectivity index (χ3v) is 3.35. The molecular weight excluding hydrogens is 226 g/mol. The summed E-state index contributed by atoms with van der Waals surface area (Å²) in [6.45, 7) is 9.05. The fourth-order valence-corrected chi connectivity index (χ4v) is 2.14. The lowest BCUT2D eigenvalue weighted by Crippen LogP contribution is -2.45. The van der Waals surface area contributed by atoms with E-state index in [9.17, 15) is 0 Å². The van der Waals surface area contributed by atoms with Crippen molar-refractivity contribution in [3.63, 3.8) is 0 Å². The Kier molecular flexibility index (Phi) is 5.89. The van der Waals surface area contributed by atoms with Gasteiger partial charge in [0.15, 0.2) is 0 Å². The Morgan fingerprint density at radius 3 is 2.56 bits per heavy atom. The van der Waals surface area contributed by atoms with Gasteiger partial charge < -0.3 is 14.8 Å². The maximum atomic E-state index is 9.14. The maximum Gasteiger partial charge on any atom is 0.103 e. The molecule has 0 fully saturated rings.